The second-order valence-corrected chi connectivity index (χ2v) is 14.4. The molecule has 2 aliphatic rings. The molecule has 0 aromatic carbocycles. The first-order valence-electron chi connectivity index (χ1n) is 19.8. The Morgan fingerprint density at radius 2 is 1.12 bits per heavy atom. The van der Waals surface area contributed by atoms with E-state index in [0.29, 0.717) is 12.8 Å². The lowest BCUT2D eigenvalue weighted by molar-refractivity contribution is -0.359. The Labute approximate surface area is 304 Å². The van der Waals surface area contributed by atoms with E-state index in [4.69, 9.17) is 18.9 Å². The van der Waals surface area contributed by atoms with Crippen molar-refractivity contribution in [2.45, 2.75) is 209 Å². The number of carbonyl (C=O) groups excluding carboxylic acids is 1. The normalized spacial score (nSPS) is 31.0. The molecule has 12 unspecified atom stereocenters. The van der Waals surface area contributed by atoms with E-state index < -0.39 is 86.8 Å². The molecule has 14 nitrogen and oxygen atoms in total. The van der Waals surface area contributed by atoms with Crippen LogP contribution in [0.5, 0.6) is 0 Å². The van der Waals surface area contributed by atoms with Crippen LogP contribution in [0.2, 0.25) is 0 Å². The van der Waals surface area contributed by atoms with Gasteiger partial charge in [0.25, 0.3) is 0 Å². The van der Waals surface area contributed by atoms with Gasteiger partial charge in [0.1, 0.15) is 48.8 Å². The van der Waals surface area contributed by atoms with Gasteiger partial charge in [-0.15, -0.1) is 0 Å². The lowest BCUT2D eigenvalue weighted by Gasteiger charge is -2.46. The molecule has 2 fully saturated rings. The van der Waals surface area contributed by atoms with Crippen molar-refractivity contribution in [3.05, 3.63) is 0 Å². The van der Waals surface area contributed by atoms with Crippen LogP contribution in [0.3, 0.4) is 0 Å². The molecule has 0 aromatic heterocycles. The summed E-state index contributed by atoms with van der Waals surface area (Å²) in [6.45, 7) is 2.64. The predicted molar refractivity (Wildman–Crippen MR) is 189 cm³/mol. The first-order valence-corrected chi connectivity index (χ1v) is 19.8. The van der Waals surface area contributed by atoms with Gasteiger partial charge >= 0.3 is 0 Å². The summed E-state index contributed by atoms with van der Waals surface area (Å²) < 4.78 is 22.4. The summed E-state index contributed by atoms with van der Waals surface area (Å²) in [7, 11) is 0. The number of unbranched alkanes of at least 4 members (excludes halogenated alkanes) is 15. The van der Waals surface area contributed by atoms with Gasteiger partial charge in [-0.2, -0.15) is 0 Å². The quantitative estimate of drug-likeness (QED) is 0.0524. The molecule has 0 aliphatic carbocycles. The molecule has 0 aromatic rings. The van der Waals surface area contributed by atoms with Gasteiger partial charge in [-0.3, -0.25) is 4.79 Å². The van der Waals surface area contributed by atoms with Gasteiger partial charge in [0.15, 0.2) is 12.6 Å². The highest BCUT2D eigenvalue weighted by molar-refractivity contribution is 5.76. The van der Waals surface area contributed by atoms with Crippen molar-refractivity contribution < 1.29 is 64.6 Å². The van der Waals surface area contributed by atoms with Crippen LogP contribution in [0.4, 0.5) is 0 Å². The topological polar surface area (TPSA) is 228 Å². The molecule has 302 valence electrons. The van der Waals surface area contributed by atoms with Crippen LogP contribution in [0.15, 0.2) is 0 Å². The Bertz CT molecular complexity index is 883. The third kappa shape index (κ3) is 16.5. The van der Waals surface area contributed by atoms with Crippen molar-refractivity contribution in [2.75, 3.05) is 19.8 Å². The number of nitrogens with one attached hydrogen (secondary N) is 1. The number of hydrogen-bond donors (Lipinski definition) is 9. The molecule has 0 bridgehead atoms. The van der Waals surface area contributed by atoms with Crippen LogP contribution < -0.4 is 5.32 Å². The molecule has 51 heavy (non-hydrogen) atoms. The van der Waals surface area contributed by atoms with Gasteiger partial charge in [-0.1, -0.05) is 117 Å². The number of rotatable bonds is 28. The lowest BCUT2D eigenvalue weighted by Crippen LogP contribution is -2.65. The molecule has 2 saturated heterocycles. The Balaban J connectivity index is 1.82. The highest BCUT2D eigenvalue weighted by Gasteiger charge is 2.50. The molecule has 2 rings (SSSR count). The number of carbonyl (C=O) groups is 1. The minimum atomic E-state index is -1.77. The van der Waals surface area contributed by atoms with Crippen molar-refractivity contribution in [3.63, 3.8) is 0 Å². The summed E-state index contributed by atoms with van der Waals surface area (Å²) in [6.07, 6.45) is 3.70. The molecular formula is C37H71NO13. The maximum atomic E-state index is 12.9. The summed E-state index contributed by atoms with van der Waals surface area (Å²) >= 11 is 0. The monoisotopic (exact) mass is 737 g/mol. The number of ether oxygens (including phenoxy) is 4. The Kier molecular flexibility index (Phi) is 24.2. The van der Waals surface area contributed by atoms with Crippen LogP contribution in [-0.4, -0.2) is 140 Å². The smallest absolute Gasteiger partial charge is 0.220 e. The number of hydrogen-bond acceptors (Lipinski definition) is 13. The van der Waals surface area contributed by atoms with Gasteiger partial charge in [0.05, 0.1) is 32.0 Å². The van der Waals surface area contributed by atoms with Gasteiger partial charge in [-0.05, 0) is 12.8 Å². The Hall–Kier alpha value is -1.01. The standard InChI is InChI=1S/C37H71NO13/c1-3-5-7-8-9-10-11-12-13-14-15-16-17-19-21-29(42)38-25(26(41)20-18-6-4-2)24-48-36-34(47)32(45)35(28(23-40)50-36)51-37-33(46)31(44)30(43)27(22-39)49-37/h25-28,30-37,39-41,43-47H,3-24H2,1-2H3,(H,38,42). The van der Waals surface area contributed by atoms with Crippen molar-refractivity contribution >= 4 is 5.91 Å². The van der Waals surface area contributed by atoms with Gasteiger partial charge < -0.3 is 65.1 Å². The predicted octanol–water partition coefficient (Wildman–Crippen LogP) is 1.92. The SMILES string of the molecule is CCCCCCCCCCCCCCCCC(=O)NC(COC1OC(CO)C(OC2OC(CO)C(O)C(O)C2O)C(O)C1O)C(O)CCCCC. The number of amides is 1. The third-order valence-electron chi connectivity index (χ3n) is 10.1. The zero-order chi connectivity index (χ0) is 37.6. The minimum Gasteiger partial charge on any atom is -0.394 e. The highest BCUT2D eigenvalue weighted by atomic mass is 16.7. The fourth-order valence-corrected chi connectivity index (χ4v) is 6.70. The lowest BCUT2D eigenvalue weighted by atomic mass is 9.97. The zero-order valence-electron chi connectivity index (χ0n) is 31.1. The zero-order valence-corrected chi connectivity index (χ0v) is 31.1. The third-order valence-corrected chi connectivity index (χ3v) is 10.1. The second kappa shape index (κ2) is 26.7. The fraction of sp³-hybridized carbons (Fsp3) is 0.973. The highest BCUT2D eigenvalue weighted by Crippen LogP contribution is 2.30. The fourth-order valence-electron chi connectivity index (χ4n) is 6.70. The van der Waals surface area contributed by atoms with Crippen LogP contribution in [0.25, 0.3) is 0 Å². The summed E-state index contributed by atoms with van der Waals surface area (Å²) in [5.74, 6) is -0.219. The molecule has 0 spiro atoms. The summed E-state index contributed by atoms with van der Waals surface area (Å²) in [5, 5.41) is 85.6. The van der Waals surface area contributed by atoms with Crippen molar-refractivity contribution in [2.24, 2.45) is 0 Å². The molecule has 0 saturated carbocycles. The van der Waals surface area contributed by atoms with Crippen LogP contribution in [0, 0.1) is 0 Å². The Morgan fingerprint density at radius 1 is 0.627 bits per heavy atom. The maximum absolute atomic E-state index is 12.9. The Morgan fingerprint density at radius 3 is 1.67 bits per heavy atom. The molecular weight excluding hydrogens is 666 g/mol. The molecule has 9 N–H and O–H groups in total. The van der Waals surface area contributed by atoms with Crippen molar-refractivity contribution in [1.82, 2.24) is 5.32 Å². The molecule has 0 radical (unpaired) electrons. The molecule has 2 aliphatic heterocycles. The average molecular weight is 738 g/mol. The maximum Gasteiger partial charge on any atom is 0.220 e. The minimum absolute atomic E-state index is 0.219. The second-order valence-electron chi connectivity index (χ2n) is 14.4. The van der Waals surface area contributed by atoms with Gasteiger partial charge in [-0.25, -0.2) is 0 Å². The molecule has 12 atom stereocenters. The van der Waals surface area contributed by atoms with E-state index >= 15 is 0 Å². The van der Waals surface area contributed by atoms with Crippen LogP contribution in [0.1, 0.15) is 136 Å². The number of aliphatic hydroxyl groups excluding tert-OH is 8. The van der Waals surface area contributed by atoms with Crippen LogP contribution >= 0.6 is 0 Å². The first-order chi connectivity index (χ1) is 24.6. The summed E-state index contributed by atoms with van der Waals surface area (Å²) in [6, 6.07) is -0.815. The molecule has 14 heteroatoms. The molecule has 2 heterocycles. The van der Waals surface area contributed by atoms with E-state index in [1.807, 2.05) is 6.92 Å². The van der Waals surface area contributed by atoms with Crippen LogP contribution in [-0.2, 0) is 23.7 Å². The largest absolute Gasteiger partial charge is 0.394 e. The average Bonchev–Trinajstić information content (AvgIpc) is 3.12. The van der Waals surface area contributed by atoms with E-state index in [1.54, 1.807) is 0 Å². The first kappa shape index (κ1) is 46.1. The van der Waals surface area contributed by atoms with E-state index in [1.165, 1.54) is 64.2 Å². The van der Waals surface area contributed by atoms with Crippen molar-refractivity contribution in [1.29, 1.82) is 0 Å². The van der Waals surface area contributed by atoms with Gasteiger partial charge in [0.2, 0.25) is 5.91 Å². The summed E-state index contributed by atoms with van der Waals surface area (Å²) in [5.41, 5.74) is 0. The van der Waals surface area contributed by atoms with Crippen molar-refractivity contribution in [3.8, 4) is 0 Å². The summed E-state index contributed by atoms with van der Waals surface area (Å²) in [4.78, 5) is 12.9. The van der Waals surface area contributed by atoms with E-state index in [0.717, 1.165) is 44.9 Å². The van der Waals surface area contributed by atoms with Gasteiger partial charge in [0, 0.05) is 6.42 Å². The molecule has 1 amide bonds. The van der Waals surface area contributed by atoms with E-state index in [2.05, 4.69) is 12.2 Å². The van der Waals surface area contributed by atoms with E-state index in [9.17, 15) is 45.6 Å². The van der Waals surface area contributed by atoms with E-state index in [-0.39, 0.29) is 12.5 Å². The number of aliphatic hydroxyl groups is 8.